The number of rotatable bonds is 20. The lowest BCUT2D eigenvalue weighted by Gasteiger charge is -2.26. The molecule has 4 atom stereocenters. The number of aromatic nitrogens is 1. The molecule has 1 aromatic heterocycles. The van der Waals surface area contributed by atoms with Crippen molar-refractivity contribution >= 4 is 53.1 Å². The summed E-state index contributed by atoms with van der Waals surface area (Å²) in [6.07, 6.45) is 1.57. The third-order valence-corrected chi connectivity index (χ3v) is 8.24. The van der Waals surface area contributed by atoms with Crippen LogP contribution in [0.15, 0.2) is 18.2 Å². The van der Waals surface area contributed by atoms with Crippen LogP contribution in [0.1, 0.15) is 71.7 Å². The third-order valence-electron chi connectivity index (χ3n) is 6.26. The van der Waals surface area contributed by atoms with E-state index in [1.54, 1.807) is 30.4 Å². The average molecular weight is 611 g/mol. The zero-order valence-corrected chi connectivity index (χ0v) is 26.4. The van der Waals surface area contributed by atoms with Gasteiger partial charge in [-0.05, 0) is 37.3 Å². The summed E-state index contributed by atoms with van der Waals surface area (Å²) in [4.78, 5) is 65.5. The molecule has 0 radical (unpaired) electrons. The van der Waals surface area contributed by atoms with Crippen molar-refractivity contribution in [2.45, 2.75) is 89.9 Å². The Labute approximate surface area is 251 Å². The van der Waals surface area contributed by atoms with E-state index in [0.29, 0.717) is 42.3 Å². The minimum atomic E-state index is -0.867. The first-order valence-corrected chi connectivity index (χ1v) is 16.2. The molecule has 0 aliphatic carbocycles. The first-order chi connectivity index (χ1) is 19.3. The predicted molar refractivity (Wildman–Crippen MR) is 165 cm³/mol. The molecule has 0 unspecified atom stereocenters. The average Bonchev–Trinajstić information content (AvgIpc) is 2.90. The van der Waals surface area contributed by atoms with Gasteiger partial charge in [0.2, 0.25) is 29.5 Å². The SMILES string of the molecule is CC[C@H](C)[C@H](NC(=O)[C@H](CC(C)C)NC(=O)[C@H](C)NC(=O)CCSCc1cccc(CSCCC(N)=O)n1)C(N)=O. The number of carbonyl (C=O) groups is 5. The standard InChI is InChI=1S/C28H46N6O5S2/c1-6-18(4)25(26(30)37)34-28(39)22(14-17(2)3)33-27(38)19(5)31-24(36)11-13-41-16-21-9-7-8-20(32-21)15-40-12-10-23(29)35/h7-9,17-19,22,25H,6,10-16H2,1-5H3,(H2,29,35)(H2,30,37)(H,31,36)(H,33,38)(H,34,39)/t18-,19-,22-,25-/m0/s1. The molecule has 11 nitrogen and oxygen atoms in total. The van der Waals surface area contributed by atoms with Crippen LogP contribution in [0.25, 0.3) is 0 Å². The molecule has 0 spiro atoms. The van der Waals surface area contributed by atoms with E-state index in [2.05, 4.69) is 20.9 Å². The Morgan fingerprint density at radius 2 is 1.44 bits per heavy atom. The van der Waals surface area contributed by atoms with Crippen LogP contribution in [0.4, 0.5) is 0 Å². The van der Waals surface area contributed by atoms with Crippen LogP contribution in [0.2, 0.25) is 0 Å². The van der Waals surface area contributed by atoms with Crippen molar-refractivity contribution in [1.29, 1.82) is 0 Å². The first-order valence-electron chi connectivity index (χ1n) is 13.9. The quantitative estimate of drug-likeness (QED) is 0.138. The Kier molecular flexibility index (Phi) is 17.1. The van der Waals surface area contributed by atoms with Gasteiger partial charge in [-0.25, -0.2) is 0 Å². The van der Waals surface area contributed by atoms with Gasteiger partial charge in [0.05, 0.1) is 11.4 Å². The molecule has 1 heterocycles. The van der Waals surface area contributed by atoms with Crippen molar-refractivity contribution in [2.75, 3.05) is 11.5 Å². The van der Waals surface area contributed by atoms with E-state index in [0.717, 1.165) is 11.4 Å². The zero-order chi connectivity index (χ0) is 30.9. The molecule has 0 fully saturated rings. The Balaban J connectivity index is 2.53. The van der Waals surface area contributed by atoms with Gasteiger partial charge in [0.15, 0.2) is 0 Å². The third kappa shape index (κ3) is 15.1. The Bertz CT molecular complexity index is 1030. The molecule has 5 amide bonds. The van der Waals surface area contributed by atoms with Crippen molar-refractivity contribution in [1.82, 2.24) is 20.9 Å². The number of amides is 5. The lowest BCUT2D eigenvalue weighted by molar-refractivity contribution is -0.133. The second kappa shape index (κ2) is 19.3. The number of hydrogen-bond donors (Lipinski definition) is 5. The number of thioether (sulfide) groups is 2. The second-order valence-electron chi connectivity index (χ2n) is 10.4. The predicted octanol–water partition coefficient (Wildman–Crippen LogP) is 1.87. The van der Waals surface area contributed by atoms with Gasteiger partial charge in [-0.3, -0.25) is 29.0 Å². The molecular formula is C28H46N6O5S2. The molecule has 0 saturated heterocycles. The van der Waals surface area contributed by atoms with Crippen molar-refractivity contribution < 1.29 is 24.0 Å². The topological polar surface area (TPSA) is 186 Å². The number of nitrogens with zero attached hydrogens (tertiary/aromatic N) is 1. The Hall–Kier alpha value is -2.80. The lowest BCUT2D eigenvalue weighted by atomic mass is 9.97. The summed E-state index contributed by atoms with van der Waals surface area (Å²) in [5.74, 6) is 0.292. The molecule has 1 aromatic rings. The molecule has 7 N–H and O–H groups in total. The van der Waals surface area contributed by atoms with Gasteiger partial charge in [0.1, 0.15) is 18.1 Å². The molecule has 0 bridgehead atoms. The minimum absolute atomic E-state index is 0.0966. The van der Waals surface area contributed by atoms with Crippen LogP contribution in [-0.2, 0) is 35.5 Å². The molecule has 0 aliphatic rings. The van der Waals surface area contributed by atoms with E-state index in [1.807, 2.05) is 45.9 Å². The van der Waals surface area contributed by atoms with Crippen LogP contribution < -0.4 is 27.4 Å². The highest BCUT2D eigenvalue weighted by Gasteiger charge is 2.30. The summed E-state index contributed by atoms with van der Waals surface area (Å²) >= 11 is 3.16. The van der Waals surface area contributed by atoms with Crippen molar-refractivity contribution in [3.8, 4) is 0 Å². The van der Waals surface area contributed by atoms with Crippen molar-refractivity contribution in [2.24, 2.45) is 23.3 Å². The van der Waals surface area contributed by atoms with E-state index in [1.165, 1.54) is 0 Å². The molecule has 1 rings (SSSR count). The number of nitrogens with two attached hydrogens (primary N) is 2. The van der Waals surface area contributed by atoms with E-state index < -0.39 is 35.8 Å². The van der Waals surface area contributed by atoms with Gasteiger partial charge in [0, 0.05) is 35.9 Å². The van der Waals surface area contributed by atoms with Gasteiger partial charge < -0.3 is 27.4 Å². The molecule has 13 heteroatoms. The van der Waals surface area contributed by atoms with Crippen molar-refractivity contribution in [3.63, 3.8) is 0 Å². The van der Waals surface area contributed by atoms with E-state index >= 15 is 0 Å². The number of primary amides is 2. The van der Waals surface area contributed by atoms with E-state index in [4.69, 9.17) is 11.5 Å². The smallest absolute Gasteiger partial charge is 0.243 e. The number of hydrogen-bond acceptors (Lipinski definition) is 8. The van der Waals surface area contributed by atoms with Gasteiger partial charge >= 0.3 is 0 Å². The van der Waals surface area contributed by atoms with Gasteiger partial charge in [-0.1, -0.05) is 40.2 Å². The summed E-state index contributed by atoms with van der Waals surface area (Å²) in [7, 11) is 0. The van der Waals surface area contributed by atoms with E-state index in [9.17, 15) is 24.0 Å². The minimum Gasteiger partial charge on any atom is -0.370 e. The fraction of sp³-hybridized carbons (Fsp3) is 0.643. The van der Waals surface area contributed by atoms with Crippen LogP contribution in [0.3, 0.4) is 0 Å². The molecular weight excluding hydrogens is 564 g/mol. The monoisotopic (exact) mass is 610 g/mol. The first kappa shape index (κ1) is 36.2. The second-order valence-corrected chi connectivity index (χ2v) is 12.7. The summed E-state index contributed by atoms with van der Waals surface area (Å²) < 4.78 is 0. The zero-order valence-electron chi connectivity index (χ0n) is 24.7. The fourth-order valence-corrected chi connectivity index (χ4v) is 5.45. The fourth-order valence-electron chi connectivity index (χ4n) is 3.74. The summed E-state index contributed by atoms with van der Waals surface area (Å²) in [5.41, 5.74) is 12.5. The van der Waals surface area contributed by atoms with Gasteiger partial charge in [0.25, 0.3) is 0 Å². The molecule has 0 aromatic carbocycles. The van der Waals surface area contributed by atoms with Crippen LogP contribution in [0, 0.1) is 11.8 Å². The summed E-state index contributed by atoms with van der Waals surface area (Å²) in [6.45, 7) is 9.13. The maximum atomic E-state index is 13.0. The van der Waals surface area contributed by atoms with Crippen LogP contribution in [-0.4, -0.2) is 64.2 Å². The Morgan fingerprint density at radius 3 is 1.95 bits per heavy atom. The van der Waals surface area contributed by atoms with Crippen LogP contribution in [0.5, 0.6) is 0 Å². The molecule has 230 valence electrons. The number of pyridine rings is 1. The van der Waals surface area contributed by atoms with E-state index in [-0.39, 0.29) is 30.1 Å². The highest BCUT2D eigenvalue weighted by molar-refractivity contribution is 7.98. The number of carbonyl (C=O) groups excluding carboxylic acids is 5. The van der Waals surface area contributed by atoms with Gasteiger partial charge in [-0.2, -0.15) is 23.5 Å². The molecule has 0 saturated carbocycles. The highest BCUT2D eigenvalue weighted by Crippen LogP contribution is 2.16. The highest BCUT2D eigenvalue weighted by atomic mass is 32.2. The normalized spacial score (nSPS) is 14.0. The summed E-state index contributed by atoms with van der Waals surface area (Å²) in [6, 6.07) is 3.25. The molecule has 41 heavy (non-hydrogen) atoms. The van der Waals surface area contributed by atoms with Crippen molar-refractivity contribution in [3.05, 3.63) is 29.6 Å². The van der Waals surface area contributed by atoms with Crippen LogP contribution >= 0.6 is 23.5 Å². The molecule has 0 aliphatic heterocycles. The lowest BCUT2D eigenvalue weighted by Crippen LogP contribution is -2.57. The Morgan fingerprint density at radius 1 is 0.854 bits per heavy atom. The summed E-state index contributed by atoms with van der Waals surface area (Å²) in [5, 5.41) is 8.09. The van der Waals surface area contributed by atoms with Gasteiger partial charge in [-0.15, -0.1) is 0 Å². The largest absolute Gasteiger partial charge is 0.370 e. The maximum absolute atomic E-state index is 13.0. The maximum Gasteiger partial charge on any atom is 0.243 e. The number of nitrogens with one attached hydrogen (secondary N) is 3.